The van der Waals surface area contributed by atoms with Crippen LogP contribution in [0.4, 0.5) is 4.39 Å². The van der Waals surface area contributed by atoms with Crippen molar-refractivity contribution in [2.24, 2.45) is 11.1 Å². The summed E-state index contributed by atoms with van der Waals surface area (Å²) in [6.07, 6.45) is -0.680. The third-order valence-electron chi connectivity index (χ3n) is 3.15. The Hall–Kier alpha value is -1.46. The lowest BCUT2D eigenvalue weighted by atomic mass is 9.82. The minimum absolute atomic E-state index is 0.114. The molecule has 0 aromatic heterocycles. The van der Waals surface area contributed by atoms with Gasteiger partial charge >= 0.3 is 0 Å². The third-order valence-corrected chi connectivity index (χ3v) is 3.15. The van der Waals surface area contributed by atoms with Crippen LogP contribution < -0.4 is 11.1 Å². The van der Waals surface area contributed by atoms with E-state index < -0.39 is 6.10 Å². The summed E-state index contributed by atoms with van der Waals surface area (Å²) in [4.78, 5) is 12.1. The number of ether oxygens (including phenoxy) is 1. The summed E-state index contributed by atoms with van der Waals surface area (Å²) in [5, 5.41) is 2.93. The van der Waals surface area contributed by atoms with Gasteiger partial charge in [-0.2, -0.15) is 0 Å². The molecule has 1 aromatic rings. The summed E-state index contributed by atoms with van der Waals surface area (Å²) >= 11 is 0. The molecule has 1 amide bonds. The van der Waals surface area contributed by atoms with Gasteiger partial charge in [-0.25, -0.2) is 4.39 Å². The van der Waals surface area contributed by atoms with Gasteiger partial charge in [0.2, 0.25) is 0 Å². The zero-order valence-corrected chi connectivity index (χ0v) is 12.4. The lowest BCUT2D eigenvalue weighted by molar-refractivity contribution is -0.132. The second-order valence-corrected chi connectivity index (χ2v) is 5.82. The predicted octanol–water partition coefficient (Wildman–Crippen LogP) is 2.00. The van der Waals surface area contributed by atoms with E-state index in [2.05, 4.69) is 5.32 Å². The smallest absolute Gasteiger partial charge is 0.250 e. The lowest BCUT2D eigenvalue weighted by Crippen LogP contribution is -2.45. The Morgan fingerprint density at radius 2 is 1.90 bits per heavy atom. The van der Waals surface area contributed by atoms with Crippen LogP contribution in [0.3, 0.4) is 0 Å². The number of hydrogen-bond donors (Lipinski definition) is 2. The van der Waals surface area contributed by atoms with Crippen molar-refractivity contribution >= 4 is 5.91 Å². The van der Waals surface area contributed by atoms with E-state index in [1.54, 1.807) is 12.1 Å². The van der Waals surface area contributed by atoms with Crippen molar-refractivity contribution in [1.82, 2.24) is 5.32 Å². The predicted molar refractivity (Wildman–Crippen MR) is 76.6 cm³/mol. The molecule has 112 valence electrons. The summed E-state index contributed by atoms with van der Waals surface area (Å²) in [6, 6.07) is 5.87. The number of halogens is 1. The normalized spacial score (nSPS) is 14.7. The van der Waals surface area contributed by atoms with Gasteiger partial charge in [-0.15, -0.1) is 0 Å². The van der Waals surface area contributed by atoms with Gasteiger partial charge in [-0.1, -0.05) is 32.9 Å². The Bertz CT molecular complexity index is 436. The first-order valence-electron chi connectivity index (χ1n) is 6.58. The second kappa shape index (κ2) is 6.81. The van der Waals surface area contributed by atoms with E-state index >= 15 is 0 Å². The molecule has 0 fully saturated rings. The van der Waals surface area contributed by atoms with Crippen molar-refractivity contribution in [2.75, 3.05) is 13.7 Å². The van der Waals surface area contributed by atoms with Crippen LogP contribution in [-0.4, -0.2) is 25.7 Å². The number of nitrogens with two attached hydrogens (primary N) is 1. The highest BCUT2D eigenvalue weighted by atomic mass is 19.1. The number of carbonyl (C=O) groups excluding carboxylic acids is 1. The van der Waals surface area contributed by atoms with Gasteiger partial charge in [-0.3, -0.25) is 4.79 Å². The number of hydrogen-bond acceptors (Lipinski definition) is 3. The van der Waals surface area contributed by atoms with Crippen LogP contribution in [0.1, 0.15) is 32.4 Å². The lowest BCUT2D eigenvalue weighted by Gasteiger charge is -2.33. The van der Waals surface area contributed by atoms with Gasteiger partial charge in [0, 0.05) is 13.7 Å². The van der Waals surface area contributed by atoms with Crippen LogP contribution >= 0.6 is 0 Å². The highest BCUT2D eigenvalue weighted by molar-refractivity contribution is 5.81. The maximum Gasteiger partial charge on any atom is 0.250 e. The van der Waals surface area contributed by atoms with Crippen molar-refractivity contribution in [3.8, 4) is 0 Å². The highest BCUT2D eigenvalue weighted by Gasteiger charge is 2.30. The third kappa shape index (κ3) is 4.28. The molecule has 0 aliphatic carbocycles. The fourth-order valence-corrected chi connectivity index (χ4v) is 2.00. The topological polar surface area (TPSA) is 64.3 Å². The first-order valence-corrected chi connectivity index (χ1v) is 6.58. The first kappa shape index (κ1) is 16.6. The zero-order valence-electron chi connectivity index (χ0n) is 12.4. The van der Waals surface area contributed by atoms with E-state index in [-0.39, 0.29) is 29.7 Å². The molecule has 3 N–H and O–H groups in total. The molecule has 0 heterocycles. The molecule has 2 unspecified atom stereocenters. The molecule has 0 bridgehead atoms. The molecule has 20 heavy (non-hydrogen) atoms. The monoisotopic (exact) mass is 282 g/mol. The number of benzene rings is 1. The molecule has 0 spiro atoms. The quantitative estimate of drug-likeness (QED) is 0.868. The van der Waals surface area contributed by atoms with Crippen molar-refractivity contribution in [3.05, 3.63) is 35.6 Å². The summed E-state index contributed by atoms with van der Waals surface area (Å²) in [5.41, 5.74) is 6.12. The molecule has 1 aromatic carbocycles. The molecule has 4 nitrogen and oxygen atoms in total. The fourth-order valence-electron chi connectivity index (χ4n) is 2.00. The molecular formula is C15H23FN2O2. The maximum absolute atomic E-state index is 13.0. The average Bonchev–Trinajstić information content (AvgIpc) is 2.37. The van der Waals surface area contributed by atoms with Crippen molar-refractivity contribution in [1.29, 1.82) is 0 Å². The minimum Gasteiger partial charge on any atom is -0.370 e. The van der Waals surface area contributed by atoms with E-state index in [1.807, 2.05) is 20.8 Å². The van der Waals surface area contributed by atoms with Crippen molar-refractivity contribution in [2.45, 2.75) is 32.9 Å². The fraction of sp³-hybridized carbons (Fsp3) is 0.533. The number of carbonyl (C=O) groups is 1. The minimum atomic E-state index is -0.680. The summed E-state index contributed by atoms with van der Waals surface area (Å²) in [7, 11) is 1.45. The van der Waals surface area contributed by atoms with Gasteiger partial charge < -0.3 is 15.8 Å². The van der Waals surface area contributed by atoms with Gasteiger partial charge in [0.15, 0.2) is 0 Å². The molecule has 0 radical (unpaired) electrons. The van der Waals surface area contributed by atoms with Crippen LogP contribution in [0.15, 0.2) is 24.3 Å². The molecule has 0 saturated carbocycles. The Kier molecular flexibility index (Phi) is 5.65. The van der Waals surface area contributed by atoms with Gasteiger partial charge in [0.25, 0.3) is 5.91 Å². The summed E-state index contributed by atoms with van der Waals surface area (Å²) < 4.78 is 18.1. The number of rotatable bonds is 5. The zero-order chi connectivity index (χ0) is 15.3. The standard InChI is InChI=1S/C15H23FN2O2/c1-15(2,3)13(10-5-7-11(16)8-6-10)18-14(19)12(9-17)20-4/h5-8,12-13H,9,17H2,1-4H3,(H,18,19). The molecular weight excluding hydrogens is 259 g/mol. The van der Waals surface area contributed by atoms with Gasteiger partial charge in [-0.05, 0) is 23.1 Å². The molecule has 0 saturated heterocycles. The highest BCUT2D eigenvalue weighted by Crippen LogP contribution is 2.32. The summed E-state index contributed by atoms with van der Waals surface area (Å²) in [6.45, 7) is 6.13. The van der Waals surface area contributed by atoms with Crippen LogP contribution in [0.2, 0.25) is 0 Å². The van der Waals surface area contributed by atoms with E-state index in [0.717, 1.165) is 5.56 Å². The largest absolute Gasteiger partial charge is 0.370 e. The maximum atomic E-state index is 13.0. The molecule has 1 rings (SSSR count). The number of methoxy groups -OCH3 is 1. The van der Waals surface area contributed by atoms with Crippen molar-refractivity contribution in [3.63, 3.8) is 0 Å². The Labute approximate surface area is 119 Å². The van der Waals surface area contributed by atoms with E-state index in [4.69, 9.17) is 10.5 Å². The van der Waals surface area contributed by atoms with Crippen LogP contribution in [-0.2, 0) is 9.53 Å². The van der Waals surface area contributed by atoms with E-state index in [1.165, 1.54) is 19.2 Å². The van der Waals surface area contributed by atoms with Gasteiger partial charge in [0.05, 0.1) is 6.04 Å². The van der Waals surface area contributed by atoms with Crippen LogP contribution in [0, 0.1) is 11.2 Å². The number of amides is 1. The summed E-state index contributed by atoms with van der Waals surface area (Å²) in [5.74, 6) is -0.566. The molecule has 5 heteroatoms. The number of nitrogens with one attached hydrogen (secondary N) is 1. The second-order valence-electron chi connectivity index (χ2n) is 5.82. The van der Waals surface area contributed by atoms with E-state index in [9.17, 15) is 9.18 Å². The van der Waals surface area contributed by atoms with Crippen LogP contribution in [0.5, 0.6) is 0 Å². The molecule has 2 atom stereocenters. The van der Waals surface area contributed by atoms with Gasteiger partial charge in [0.1, 0.15) is 11.9 Å². The van der Waals surface area contributed by atoms with E-state index in [0.29, 0.717) is 0 Å². The SMILES string of the molecule is COC(CN)C(=O)NC(c1ccc(F)cc1)C(C)(C)C. The molecule has 0 aliphatic rings. The Morgan fingerprint density at radius 1 is 1.35 bits per heavy atom. The van der Waals surface area contributed by atoms with Crippen molar-refractivity contribution < 1.29 is 13.9 Å². The Balaban J connectivity index is 2.97. The Morgan fingerprint density at radius 3 is 2.30 bits per heavy atom. The molecule has 0 aliphatic heterocycles. The average molecular weight is 282 g/mol. The van der Waals surface area contributed by atoms with Crippen LogP contribution in [0.25, 0.3) is 0 Å². The first-order chi connectivity index (χ1) is 9.29.